The number of carbonyl (C=O) groups excluding carboxylic acids is 2. The third-order valence-electron chi connectivity index (χ3n) is 8.03. The largest absolute Gasteiger partial charge is 0.445 e. The molecule has 1 saturated carbocycles. The Morgan fingerprint density at radius 1 is 1.21 bits per heavy atom. The van der Waals surface area contributed by atoms with Crippen LogP contribution < -0.4 is 0 Å². The summed E-state index contributed by atoms with van der Waals surface area (Å²) in [5, 5.41) is 11.3. The lowest BCUT2D eigenvalue weighted by Gasteiger charge is -2.48. The lowest BCUT2D eigenvalue weighted by Crippen LogP contribution is -2.67. The van der Waals surface area contributed by atoms with Gasteiger partial charge in [-0.25, -0.2) is 4.79 Å². The van der Waals surface area contributed by atoms with Crippen LogP contribution in [0, 0.1) is 5.41 Å². The van der Waals surface area contributed by atoms with Crippen molar-refractivity contribution in [2.24, 2.45) is 5.41 Å². The second-order valence-electron chi connectivity index (χ2n) is 10.1. The van der Waals surface area contributed by atoms with Gasteiger partial charge in [0.2, 0.25) is 5.91 Å². The molecule has 1 aliphatic carbocycles. The molecule has 33 heavy (non-hydrogen) atoms. The average Bonchev–Trinajstić information content (AvgIpc) is 3.63. The minimum atomic E-state index is -0.710. The Bertz CT molecular complexity index is 851. The van der Waals surface area contributed by atoms with E-state index in [9.17, 15) is 14.7 Å². The van der Waals surface area contributed by atoms with Crippen molar-refractivity contribution < 1.29 is 24.2 Å². The van der Waals surface area contributed by atoms with Gasteiger partial charge in [-0.3, -0.25) is 14.6 Å². The molecule has 3 aliphatic heterocycles. The van der Waals surface area contributed by atoms with Gasteiger partial charge < -0.3 is 19.5 Å². The van der Waals surface area contributed by atoms with Crippen LogP contribution in [0.3, 0.4) is 0 Å². The van der Waals surface area contributed by atoms with Gasteiger partial charge in [-0.15, -0.1) is 0 Å². The van der Waals surface area contributed by atoms with Crippen LogP contribution in [0.15, 0.2) is 30.3 Å². The van der Waals surface area contributed by atoms with E-state index in [1.165, 1.54) is 17.7 Å². The number of carbonyl (C=O) groups is 2. The molecule has 8 heteroatoms. The first kappa shape index (κ1) is 22.6. The number of fused-ring (bicyclic) bond motifs is 1. The monoisotopic (exact) mass is 457 g/mol. The van der Waals surface area contributed by atoms with E-state index in [1.54, 1.807) is 11.8 Å². The second kappa shape index (κ2) is 9.24. The topological polar surface area (TPSA) is 82.6 Å². The van der Waals surface area contributed by atoms with Gasteiger partial charge in [0.05, 0.1) is 12.6 Å². The lowest BCUT2D eigenvalue weighted by atomic mass is 9.92. The molecule has 0 radical (unpaired) electrons. The smallest absolute Gasteiger partial charge is 0.410 e. The van der Waals surface area contributed by atoms with E-state index in [4.69, 9.17) is 9.47 Å². The van der Waals surface area contributed by atoms with Gasteiger partial charge in [0, 0.05) is 19.7 Å². The summed E-state index contributed by atoms with van der Waals surface area (Å²) in [6.07, 6.45) is 4.55. The first-order chi connectivity index (χ1) is 16.0. The van der Waals surface area contributed by atoms with Crippen molar-refractivity contribution in [3.63, 3.8) is 0 Å². The second-order valence-corrected chi connectivity index (χ2v) is 10.1. The summed E-state index contributed by atoms with van der Waals surface area (Å²) in [5.74, 6) is -0.190. The number of aliphatic hydroxyl groups is 1. The number of rotatable bonds is 4. The minimum absolute atomic E-state index is 0.157. The highest BCUT2D eigenvalue weighted by molar-refractivity contribution is 5.87. The lowest BCUT2D eigenvalue weighted by molar-refractivity contribution is -0.179. The number of hydrogen-bond acceptors (Lipinski definition) is 6. The normalized spacial score (nSPS) is 30.5. The average molecular weight is 458 g/mol. The Morgan fingerprint density at radius 3 is 2.64 bits per heavy atom. The molecule has 8 nitrogen and oxygen atoms in total. The Hall–Kier alpha value is -2.16. The highest BCUT2D eigenvalue weighted by Crippen LogP contribution is 2.53. The summed E-state index contributed by atoms with van der Waals surface area (Å²) in [7, 11) is 0. The Labute approximate surface area is 195 Å². The number of nitrogens with zero attached hydrogens (tertiary/aromatic N) is 3. The van der Waals surface area contributed by atoms with Gasteiger partial charge in [-0.05, 0) is 56.4 Å². The first-order valence-corrected chi connectivity index (χ1v) is 12.3. The molecule has 4 fully saturated rings. The van der Waals surface area contributed by atoms with E-state index in [-0.39, 0.29) is 25.1 Å². The van der Waals surface area contributed by atoms with Gasteiger partial charge in [0.25, 0.3) is 0 Å². The van der Waals surface area contributed by atoms with Crippen molar-refractivity contribution in [2.75, 3.05) is 26.2 Å². The standard InChI is InChI=1S/C25H35N3O5/c1-18-22(29)28-20(23(30)26-13-11-25(9-10-25)12-14-26)8-5-15-32-21(28)16-27(18)24(31)33-17-19-6-3-2-4-7-19/h2-4,6-7,18,20-21,23,30H,5,8-17H2,1H3/t18-,20-,21?,23-/m0/s1. The van der Waals surface area contributed by atoms with Crippen molar-refractivity contribution in [3.8, 4) is 0 Å². The molecule has 3 heterocycles. The molecule has 3 saturated heterocycles. The highest BCUT2D eigenvalue weighted by atomic mass is 16.6. The van der Waals surface area contributed by atoms with Crippen LogP contribution in [-0.4, -0.2) is 82.6 Å². The summed E-state index contributed by atoms with van der Waals surface area (Å²) in [4.78, 5) is 31.6. The molecule has 0 bridgehead atoms. The first-order valence-electron chi connectivity index (χ1n) is 12.3. The van der Waals surface area contributed by atoms with Crippen molar-refractivity contribution in [3.05, 3.63) is 35.9 Å². The molecule has 5 rings (SSSR count). The highest BCUT2D eigenvalue weighted by Gasteiger charge is 2.50. The molecule has 2 amide bonds. The number of amides is 2. The number of benzene rings is 1. The quantitative estimate of drug-likeness (QED) is 0.748. The van der Waals surface area contributed by atoms with Crippen molar-refractivity contribution in [1.29, 1.82) is 0 Å². The third-order valence-corrected chi connectivity index (χ3v) is 8.03. The van der Waals surface area contributed by atoms with Crippen LogP contribution in [0.25, 0.3) is 0 Å². The predicted octanol–water partition coefficient (Wildman–Crippen LogP) is 2.56. The van der Waals surface area contributed by atoms with E-state index >= 15 is 0 Å². The van der Waals surface area contributed by atoms with E-state index in [0.29, 0.717) is 18.4 Å². The zero-order valence-corrected chi connectivity index (χ0v) is 19.4. The van der Waals surface area contributed by atoms with Crippen LogP contribution in [0.1, 0.15) is 51.0 Å². The molecule has 1 aromatic rings. The number of piperazine rings is 1. The summed E-state index contributed by atoms with van der Waals surface area (Å²) in [5.41, 5.74) is 1.42. The summed E-state index contributed by atoms with van der Waals surface area (Å²) >= 11 is 0. The van der Waals surface area contributed by atoms with Gasteiger partial charge >= 0.3 is 6.09 Å². The fraction of sp³-hybridized carbons (Fsp3) is 0.680. The van der Waals surface area contributed by atoms with E-state index in [1.807, 2.05) is 30.3 Å². The molecule has 4 atom stereocenters. The predicted molar refractivity (Wildman–Crippen MR) is 121 cm³/mol. The summed E-state index contributed by atoms with van der Waals surface area (Å²) in [6.45, 7) is 4.38. The maximum Gasteiger partial charge on any atom is 0.410 e. The fourth-order valence-electron chi connectivity index (χ4n) is 5.58. The Morgan fingerprint density at radius 2 is 1.94 bits per heavy atom. The molecule has 0 aromatic heterocycles. The van der Waals surface area contributed by atoms with Crippen molar-refractivity contribution in [2.45, 2.75) is 76.6 Å². The van der Waals surface area contributed by atoms with E-state index in [0.717, 1.165) is 37.9 Å². The fourth-order valence-corrected chi connectivity index (χ4v) is 5.58. The zero-order chi connectivity index (χ0) is 23.0. The maximum absolute atomic E-state index is 13.5. The Balaban J connectivity index is 1.26. The number of ether oxygens (including phenoxy) is 2. The van der Waals surface area contributed by atoms with Crippen LogP contribution in [0.2, 0.25) is 0 Å². The molecule has 1 aromatic carbocycles. The summed E-state index contributed by atoms with van der Waals surface area (Å²) in [6, 6.07) is 8.49. The van der Waals surface area contributed by atoms with Crippen LogP contribution in [0.5, 0.6) is 0 Å². The van der Waals surface area contributed by atoms with E-state index < -0.39 is 24.6 Å². The molecule has 1 unspecified atom stereocenters. The third kappa shape index (κ3) is 4.61. The molecule has 1 spiro atoms. The van der Waals surface area contributed by atoms with E-state index in [2.05, 4.69) is 4.90 Å². The molecular weight excluding hydrogens is 422 g/mol. The van der Waals surface area contributed by atoms with Crippen LogP contribution in [0.4, 0.5) is 4.79 Å². The molecular formula is C25H35N3O5. The van der Waals surface area contributed by atoms with Gasteiger partial charge in [0.1, 0.15) is 18.9 Å². The minimum Gasteiger partial charge on any atom is -0.445 e. The molecule has 1 N–H and O–H groups in total. The maximum atomic E-state index is 13.5. The van der Waals surface area contributed by atoms with Crippen molar-refractivity contribution >= 4 is 12.0 Å². The molecule has 180 valence electrons. The number of likely N-dealkylation sites (tertiary alicyclic amines) is 1. The van der Waals surface area contributed by atoms with Crippen LogP contribution >= 0.6 is 0 Å². The number of aliphatic hydroxyl groups excluding tert-OH is 1. The Kier molecular flexibility index (Phi) is 6.33. The van der Waals surface area contributed by atoms with Gasteiger partial charge in [0.15, 0.2) is 6.23 Å². The number of piperidine rings is 1. The van der Waals surface area contributed by atoms with Crippen molar-refractivity contribution in [1.82, 2.24) is 14.7 Å². The SMILES string of the molecule is C[C@H]1C(=O)N2C(CN1C(=O)OCc1ccccc1)OCCC[C@H]2[C@H](O)N1CCC2(CC1)CC2. The summed E-state index contributed by atoms with van der Waals surface area (Å²) < 4.78 is 11.5. The van der Waals surface area contributed by atoms with Gasteiger partial charge in [-0.1, -0.05) is 30.3 Å². The van der Waals surface area contributed by atoms with Gasteiger partial charge in [-0.2, -0.15) is 0 Å². The molecule has 4 aliphatic rings. The zero-order valence-electron chi connectivity index (χ0n) is 19.4. The van der Waals surface area contributed by atoms with Crippen LogP contribution in [-0.2, 0) is 20.9 Å². The number of hydrogen-bond donors (Lipinski definition) is 1.